The number of amides is 1. The molecule has 2 rings (SSSR count). The van der Waals surface area contributed by atoms with E-state index in [1.165, 1.54) is 0 Å². The van der Waals surface area contributed by atoms with Crippen LogP contribution in [0.3, 0.4) is 0 Å². The molecule has 1 aromatic rings. The minimum atomic E-state index is -4.29. The standard InChI is InChI=1S/C15H18F3NO2/c16-15(17,18)10-21-8-4-7-19-14(20)13-9-12(13)11-5-2-1-3-6-11/h1-3,5-6,12-13H,4,7-10H2,(H,19,20). The highest BCUT2D eigenvalue weighted by Crippen LogP contribution is 2.47. The van der Waals surface area contributed by atoms with Gasteiger partial charge in [0.15, 0.2) is 0 Å². The molecule has 0 aromatic heterocycles. The highest BCUT2D eigenvalue weighted by molar-refractivity contribution is 5.82. The maximum atomic E-state index is 11.8. The predicted molar refractivity (Wildman–Crippen MR) is 71.8 cm³/mol. The molecule has 0 bridgehead atoms. The Kier molecular flexibility index (Phi) is 5.22. The molecule has 3 nitrogen and oxygen atoms in total. The Balaban J connectivity index is 1.57. The Bertz CT molecular complexity index is 462. The molecule has 0 radical (unpaired) electrons. The molecule has 1 amide bonds. The molecule has 1 aromatic carbocycles. The Morgan fingerprint density at radius 3 is 2.67 bits per heavy atom. The lowest BCUT2D eigenvalue weighted by Gasteiger charge is -2.08. The molecule has 1 N–H and O–H groups in total. The molecule has 116 valence electrons. The quantitative estimate of drug-likeness (QED) is 0.787. The molecule has 0 spiro atoms. The first-order valence-electron chi connectivity index (χ1n) is 6.94. The first-order chi connectivity index (χ1) is 9.97. The second-order valence-electron chi connectivity index (χ2n) is 5.17. The van der Waals surface area contributed by atoms with Crippen LogP contribution in [0.1, 0.15) is 24.3 Å². The van der Waals surface area contributed by atoms with Crippen LogP contribution < -0.4 is 5.32 Å². The summed E-state index contributed by atoms with van der Waals surface area (Å²) in [5, 5.41) is 2.74. The fourth-order valence-electron chi connectivity index (χ4n) is 2.26. The molecule has 1 saturated carbocycles. The average molecular weight is 301 g/mol. The third-order valence-corrected chi connectivity index (χ3v) is 3.39. The van der Waals surface area contributed by atoms with Gasteiger partial charge in [-0.15, -0.1) is 0 Å². The van der Waals surface area contributed by atoms with E-state index in [0.717, 1.165) is 12.0 Å². The fourth-order valence-corrected chi connectivity index (χ4v) is 2.26. The van der Waals surface area contributed by atoms with Crippen molar-refractivity contribution in [3.05, 3.63) is 35.9 Å². The molecule has 1 aliphatic rings. The van der Waals surface area contributed by atoms with Crippen molar-refractivity contribution in [3.8, 4) is 0 Å². The third-order valence-electron chi connectivity index (χ3n) is 3.39. The minimum absolute atomic E-state index is 0.00737. The van der Waals surface area contributed by atoms with Gasteiger partial charge in [0.25, 0.3) is 0 Å². The maximum Gasteiger partial charge on any atom is 0.411 e. The summed E-state index contributed by atoms with van der Waals surface area (Å²) in [6.07, 6.45) is -3.08. The topological polar surface area (TPSA) is 38.3 Å². The van der Waals surface area contributed by atoms with E-state index in [1.54, 1.807) is 0 Å². The van der Waals surface area contributed by atoms with Crippen LogP contribution in [0.5, 0.6) is 0 Å². The molecule has 0 heterocycles. The second-order valence-corrected chi connectivity index (χ2v) is 5.17. The van der Waals surface area contributed by atoms with Crippen molar-refractivity contribution in [2.24, 2.45) is 5.92 Å². The van der Waals surface area contributed by atoms with Crippen LogP contribution in [0.4, 0.5) is 13.2 Å². The summed E-state index contributed by atoms with van der Waals surface area (Å²) in [7, 11) is 0. The SMILES string of the molecule is O=C(NCCCOCC(F)(F)F)C1CC1c1ccccc1. The Labute approximate surface area is 121 Å². The van der Waals surface area contributed by atoms with Crippen molar-refractivity contribution in [1.29, 1.82) is 0 Å². The Hall–Kier alpha value is -1.56. The summed E-state index contributed by atoms with van der Waals surface area (Å²) >= 11 is 0. The molecule has 1 fully saturated rings. The van der Waals surface area contributed by atoms with Crippen molar-refractivity contribution in [2.45, 2.75) is 24.9 Å². The number of benzene rings is 1. The van der Waals surface area contributed by atoms with Crippen LogP contribution in [0.2, 0.25) is 0 Å². The third kappa shape index (κ3) is 5.38. The molecular weight excluding hydrogens is 283 g/mol. The predicted octanol–water partition coefficient (Wildman–Crippen LogP) is 2.88. The number of carbonyl (C=O) groups is 1. The summed E-state index contributed by atoms with van der Waals surface area (Å²) in [5.41, 5.74) is 1.16. The normalized spacial score (nSPS) is 21.1. The molecule has 21 heavy (non-hydrogen) atoms. The average Bonchev–Trinajstić information content (AvgIpc) is 3.23. The number of ether oxygens (including phenoxy) is 1. The van der Waals surface area contributed by atoms with Gasteiger partial charge in [0.05, 0.1) is 0 Å². The van der Waals surface area contributed by atoms with E-state index in [4.69, 9.17) is 0 Å². The summed E-state index contributed by atoms with van der Waals surface area (Å²) in [6, 6.07) is 9.83. The Morgan fingerprint density at radius 2 is 2.00 bits per heavy atom. The number of hydrogen-bond donors (Lipinski definition) is 1. The van der Waals surface area contributed by atoms with Crippen molar-refractivity contribution in [2.75, 3.05) is 19.8 Å². The first kappa shape index (κ1) is 15.8. The van der Waals surface area contributed by atoms with E-state index in [-0.39, 0.29) is 24.3 Å². The number of rotatable bonds is 7. The minimum Gasteiger partial charge on any atom is -0.372 e. The summed E-state index contributed by atoms with van der Waals surface area (Å²) in [6.45, 7) is -0.902. The molecule has 1 aliphatic carbocycles. The van der Waals surface area contributed by atoms with Gasteiger partial charge in [0.2, 0.25) is 5.91 Å². The zero-order valence-electron chi connectivity index (χ0n) is 11.5. The summed E-state index contributed by atoms with van der Waals surface area (Å²) in [5.74, 6) is 0.232. The van der Waals surface area contributed by atoms with Crippen LogP contribution in [0.25, 0.3) is 0 Å². The lowest BCUT2D eigenvalue weighted by atomic mass is 10.1. The van der Waals surface area contributed by atoms with Crippen LogP contribution in [-0.2, 0) is 9.53 Å². The van der Waals surface area contributed by atoms with E-state index >= 15 is 0 Å². The highest BCUT2D eigenvalue weighted by Gasteiger charge is 2.43. The lowest BCUT2D eigenvalue weighted by Crippen LogP contribution is -2.27. The summed E-state index contributed by atoms with van der Waals surface area (Å²) < 4.78 is 39.9. The van der Waals surface area contributed by atoms with Gasteiger partial charge in [-0.25, -0.2) is 0 Å². The van der Waals surface area contributed by atoms with Crippen molar-refractivity contribution >= 4 is 5.91 Å². The first-order valence-corrected chi connectivity index (χ1v) is 6.94. The number of halogens is 3. The molecular formula is C15H18F3NO2. The highest BCUT2D eigenvalue weighted by atomic mass is 19.4. The van der Waals surface area contributed by atoms with Gasteiger partial charge in [-0.3, -0.25) is 4.79 Å². The van der Waals surface area contributed by atoms with Crippen molar-refractivity contribution < 1.29 is 22.7 Å². The van der Waals surface area contributed by atoms with Gasteiger partial charge in [-0.05, 0) is 24.3 Å². The van der Waals surface area contributed by atoms with Gasteiger partial charge in [0, 0.05) is 19.1 Å². The van der Waals surface area contributed by atoms with Gasteiger partial charge in [-0.1, -0.05) is 30.3 Å². The number of nitrogens with one attached hydrogen (secondary N) is 1. The monoisotopic (exact) mass is 301 g/mol. The van der Waals surface area contributed by atoms with E-state index in [0.29, 0.717) is 13.0 Å². The summed E-state index contributed by atoms with van der Waals surface area (Å²) in [4.78, 5) is 11.8. The van der Waals surface area contributed by atoms with Crippen LogP contribution in [-0.4, -0.2) is 31.8 Å². The van der Waals surface area contributed by atoms with Gasteiger partial charge < -0.3 is 10.1 Å². The zero-order valence-corrected chi connectivity index (χ0v) is 11.5. The largest absolute Gasteiger partial charge is 0.411 e. The number of alkyl halides is 3. The zero-order chi connectivity index (χ0) is 15.3. The molecule has 0 aliphatic heterocycles. The van der Waals surface area contributed by atoms with Crippen LogP contribution in [0.15, 0.2) is 30.3 Å². The van der Waals surface area contributed by atoms with Crippen LogP contribution >= 0.6 is 0 Å². The lowest BCUT2D eigenvalue weighted by molar-refractivity contribution is -0.174. The second kappa shape index (κ2) is 6.93. The molecule has 2 unspecified atom stereocenters. The van der Waals surface area contributed by atoms with E-state index in [2.05, 4.69) is 10.1 Å². The van der Waals surface area contributed by atoms with Gasteiger partial charge in [-0.2, -0.15) is 13.2 Å². The van der Waals surface area contributed by atoms with Crippen molar-refractivity contribution in [1.82, 2.24) is 5.32 Å². The van der Waals surface area contributed by atoms with Gasteiger partial charge in [0.1, 0.15) is 6.61 Å². The Morgan fingerprint density at radius 1 is 1.29 bits per heavy atom. The van der Waals surface area contributed by atoms with E-state index < -0.39 is 12.8 Å². The van der Waals surface area contributed by atoms with Crippen molar-refractivity contribution in [3.63, 3.8) is 0 Å². The molecule has 6 heteroatoms. The van der Waals surface area contributed by atoms with E-state index in [9.17, 15) is 18.0 Å². The smallest absolute Gasteiger partial charge is 0.372 e. The van der Waals surface area contributed by atoms with Gasteiger partial charge >= 0.3 is 6.18 Å². The molecule has 0 saturated heterocycles. The number of hydrogen-bond acceptors (Lipinski definition) is 2. The van der Waals surface area contributed by atoms with E-state index in [1.807, 2.05) is 30.3 Å². The van der Waals surface area contributed by atoms with Crippen LogP contribution in [0, 0.1) is 5.92 Å². The molecule has 2 atom stereocenters. The number of carbonyl (C=O) groups excluding carboxylic acids is 1. The fraction of sp³-hybridized carbons (Fsp3) is 0.533. The maximum absolute atomic E-state index is 11.8.